The summed E-state index contributed by atoms with van der Waals surface area (Å²) in [6, 6.07) is 7.61. The third-order valence-corrected chi connectivity index (χ3v) is 4.12. The molecule has 1 unspecified atom stereocenters. The number of hydrogen-bond donors (Lipinski definition) is 2. The first-order valence-electron chi connectivity index (χ1n) is 7.87. The highest BCUT2D eigenvalue weighted by Crippen LogP contribution is 2.22. The van der Waals surface area contributed by atoms with Crippen LogP contribution in [0.15, 0.2) is 49.1 Å². The van der Waals surface area contributed by atoms with Crippen molar-refractivity contribution < 1.29 is 4.39 Å². The Morgan fingerprint density at radius 3 is 3.04 bits per heavy atom. The third-order valence-electron chi connectivity index (χ3n) is 4.12. The lowest BCUT2D eigenvalue weighted by atomic mass is 10.2. The quantitative estimate of drug-likeness (QED) is 0.772. The molecular weight excluding hydrogens is 307 g/mol. The van der Waals surface area contributed by atoms with Crippen LogP contribution in [0.3, 0.4) is 0 Å². The van der Waals surface area contributed by atoms with Gasteiger partial charge in [0, 0.05) is 37.7 Å². The average Bonchev–Trinajstić information content (AvgIpc) is 3.29. The predicted molar refractivity (Wildman–Crippen MR) is 90.3 cm³/mol. The van der Waals surface area contributed by atoms with Crippen molar-refractivity contribution in [2.75, 3.05) is 23.3 Å². The molecule has 3 aromatic heterocycles. The van der Waals surface area contributed by atoms with Gasteiger partial charge in [-0.1, -0.05) is 0 Å². The standard InChI is InChI=1S/C17H17FN6/c18-13-10-19-7-3-14(13)22-12-5-9-24(11-12)17-21-8-4-16(23-17)15-2-1-6-20-15/h1-4,6-8,10,12,20H,5,9,11H2,(H,19,22). The van der Waals surface area contributed by atoms with Crippen LogP contribution in [0, 0.1) is 5.82 Å². The third kappa shape index (κ3) is 2.92. The minimum absolute atomic E-state index is 0.152. The lowest BCUT2D eigenvalue weighted by molar-refractivity contribution is 0.620. The van der Waals surface area contributed by atoms with Crippen molar-refractivity contribution >= 4 is 11.6 Å². The van der Waals surface area contributed by atoms with E-state index in [1.807, 2.05) is 24.4 Å². The second-order valence-electron chi connectivity index (χ2n) is 5.76. The number of aromatic amines is 1. The number of hydrogen-bond acceptors (Lipinski definition) is 5. The van der Waals surface area contributed by atoms with Gasteiger partial charge in [0.25, 0.3) is 0 Å². The van der Waals surface area contributed by atoms with Crippen molar-refractivity contribution in [3.8, 4) is 11.4 Å². The van der Waals surface area contributed by atoms with Crippen molar-refractivity contribution in [3.05, 3.63) is 54.9 Å². The van der Waals surface area contributed by atoms with Gasteiger partial charge < -0.3 is 15.2 Å². The molecule has 24 heavy (non-hydrogen) atoms. The van der Waals surface area contributed by atoms with Crippen LogP contribution < -0.4 is 10.2 Å². The summed E-state index contributed by atoms with van der Waals surface area (Å²) in [6.07, 6.45) is 7.34. The zero-order chi connectivity index (χ0) is 16.4. The fraction of sp³-hybridized carbons (Fsp3) is 0.235. The molecule has 0 amide bonds. The Morgan fingerprint density at radius 2 is 2.21 bits per heavy atom. The van der Waals surface area contributed by atoms with E-state index < -0.39 is 0 Å². The van der Waals surface area contributed by atoms with Gasteiger partial charge in [0.2, 0.25) is 5.95 Å². The molecule has 0 radical (unpaired) electrons. The average molecular weight is 324 g/mol. The van der Waals surface area contributed by atoms with E-state index in [1.165, 1.54) is 6.20 Å². The van der Waals surface area contributed by atoms with E-state index in [0.29, 0.717) is 11.6 Å². The molecule has 3 aromatic rings. The smallest absolute Gasteiger partial charge is 0.225 e. The van der Waals surface area contributed by atoms with Crippen LogP contribution in [0.25, 0.3) is 11.4 Å². The molecule has 0 aromatic carbocycles. The SMILES string of the molecule is Fc1cnccc1NC1CCN(c2nccc(-c3ccc[nH]3)n2)C1. The predicted octanol–water partition coefficient (Wildman–Crippen LogP) is 2.70. The van der Waals surface area contributed by atoms with Gasteiger partial charge in [-0.2, -0.15) is 0 Å². The van der Waals surface area contributed by atoms with Gasteiger partial charge in [0.05, 0.1) is 23.3 Å². The molecule has 1 saturated heterocycles. The van der Waals surface area contributed by atoms with Crippen molar-refractivity contribution in [1.82, 2.24) is 19.9 Å². The van der Waals surface area contributed by atoms with Crippen molar-refractivity contribution in [2.45, 2.75) is 12.5 Å². The lowest BCUT2D eigenvalue weighted by Crippen LogP contribution is -2.27. The van der Waals surface area contributed by atoms with Crippen LogP contribution in [-0.4, -0.2) is 39.1 Å². The lowest BCUT2D eigenvalue weighted by Gasteiger charge is -2.18. The van der Waals surface area contributed by atoms with Crippen molar-refractivity contribution in [1.29, 1.82) is 0 Å². The number of nitrogens with zero attached hydrogens (tertiary/aromatic N) is 4. The Balaban J connectivity index is 1.47. The first kappa shape index (κ1) is 14.6. The summed E-state index contributed by atoms with van der Waals surface area (Å²) >= 11 is 0. The largest absolute Gasteiger partial charge is 0.378 e. The first-order chi connectivity index (χ1) is 11.8. The van der Waals surface area contributed by atoms with Crippen LogP contribution in [-0.2, 0) is 0 Å². The minimum atomic E-state index is -0.332. The van der Waals surface area contributed by atoms with E-state index in [2.05, 4.69) is 30.2 Å². The number of halogens is 1. The number of rotatable bonds is 4. The maximum absolute atomic E-state index is 13.7. The van der Waals surface area contributed by atoms with E-state index in [4.69, 9.17) is 0 Å². The normalized spacial score (nSPS) is 17.2. The maximum Gasteiger partial charge on any atom is 0.225 e. The van der Waals surface area contributed by atoms with Gasteiger partial charge in [-0.25, -0.2) is 14.4 Å². The molecule has 0 saturated carbocycles. The molecule has 4 rings (SSSR count). The monoisotopic (exact) mass is 324 g/mol. The molecule has 1 fully saturated rings. The molecule has 1 aliphatic heterocycles. The molecule has 122 valence electrons. The van der Waals surface area contributed by atoms with Crippen molar-refractivity contribution in [2.24, 2.45) is 0 Å². The summed E-state index contributed by atoms with van der Waals surface area (Å²) in [5.41, 5.74) is 2.31. The Labute approximate surface area is 138 Å². The zero-order valence-corrected chi connectivity index (χ0v) is 13.0. The zero-order valence-electron chi connectivity index (χ0n) is 13.0. The van der Waals surface area contributed by atoms with Gasteiger partial charge in [-0.15, -0.1) is 0 Å². The van der Waals surface area contributed by atoms with Crippen LogP contribution in [0.1, 0.15) is 6.42 Å². The Hall–Kier alpha value is -2.96. The molecule has 0 aliphatic carbocycles. The summed E-state index contributed by atoms with van der Waals surface area (Å²) in [5.74, 6) is 0.363. The van der Waals surface area contributed by atoms with Gasteiger partial charge in [-0.3, -0.25) is 4.98 Å². The number of nitrogens with one attached hydrogen (secondary N) is 2. The van der Waals surface area contributed by atoms with E-state index >= 15 is 0 Å². The van der Waals surface area contributed by atoms with Crippen LogP contribution in [0.4, 0.5) is 16.0 Å². The highest BCUT2D eigenvalue weighted by molar-refractivity contribution is 5.56. The van der Waals surface area contributed by atoms with E-state index in [-0.39, 0.29) is 11.9 Å². The topological polar surface area (TPSA) is 69.7 Å². The Kier molecular flexibility index (Phi) is 3.82. The molecule has 4 heterocycles. The summed E-state index contributed by atoms with van der Waals surface area (Å²) in [5, 5.41) is 3.23. The van der Waals surface area contributed by atoms with Gasteiger partial charge in [0.15, 0.2) is 5.82 Å². The van der Waals surface area contributed by atoms with Crippen LogP contribution in [0.5, 0.6) is 0 Å². The van der Waals surface area contributed by atoms with Crippen LogP contribution >= 0.6 is 0 Å². The fourth-order valence-electron chi connectivity index (χ4n) is 2.91. The number of H-pyrrole nitrogens is 1. The first-order valence-corrected chi connectivity index (χ1v) is 7.87. The molecular formula is C17H17FN6. The van der Waals surface area contributed by atoms with E-state index in [1.54, 1.807) is 18.5 Å². The number of aromatic nitrogens is 4. The summed E-state index contributed by atoms with van der Waals surface area (Å²) in [4.78, 5) is 18.0. The fourth-order valence-corrected chi connectivity index (χ4v) is 2.91. The summed E-state index contributed by atoms with van der Waals surface area (Å²) in [7, 11) is 0. The molecule has 6 nitrogen and oxygen atoms in total. The van der Waals surface area contributed by atoms with Gasteiger partial charge in [0.1, 0.15) is 0 Å². The second-order valence-corrected chi connectivity index (χ2v) is 5.76. The maximum atomic E-state index is 13.7. The Morgan fingerprint density at radius 1 is 1.25 bits per heavy atom. The second kappa shape index (κ2) is 6.27. The summed E-state index contributed by atoms with van der Waals surface area (Å²) in [6.45, 7) is 1.56. The molecule has 0 spiro atoms. The molecule has 2 N–H and O–H groups in total. The Bertz CT molecular complexity index is 819. The molecule has 0 bridgehead atoms. The highest BCUT2D eigenvalue weighted by Gasteiger charge is 2.25. The minimum Gasteiger partial charge on any atom is -0.378 e. The molecule has 7 heteroatoms. The summed E-state index contributed by atoms with van der Waals surface area (Å²) < 4.78 is 13.7. The number of pyridine rings is 1. The van der Waals surface area contributed by atoms with E-state index in [0.717, 1.165) is 30.9 Å². The van der Waals surface area contributed by atoms with Crippen LogP contribution in [0.2, 0.25) is 0 Å². The van der Waals surface area contributed by atoms with E-state index in [9.17, 15) is 4.39 Å². The number of anilines is 2. The van der Waals surface area contributed by atoms with Gasteiger partial charge >= 0.3 is 0 Å². The van der Waals surface area contributed by atoms with Crippen molar-refractivity contribution in [3.63, 3.8) is 0 Å². The van der Waals surface area contributed by atoms with Gasteiger partial charge in [-0.05, 0) is 30.7 Å². The molecule has 1 aliphatic rings. The highest BCUT2D eigenvalue weighted by atomic mass is 19.1. The molecule has 1 atom stereocenters.